The zero-order valence-corrected chi connectivity index (χ0v) is 53.7. The molecule has 3 aliphatic heterocycles. The molecule has 9 aromatic rings. The summed E-state index contributed by atoms with van der Waals surface area (Å²) in [5.74, 6) is 2.53. The molecule has 0 aromatic carbocycles. The van der Waals surface area contributed by atoms with Gasteiger partial charge in [-0.2, -0.15) is 10.2 Å². The number of likely N-dealkylation sites (tertiary alicyclic amines) is 3. The Labute approximate surface area is 537 Å². The summed E-state index contributed by atoms with van der Waals surface area (Å²) in [5.41, 5.74) is 7.00. The number of nitrogens with zero attached hydrogens (tertiary/aromatic N) is 11. The maximum atomic E-state index is 13.0. The highest BCUT2D eigenvalue weighted by Crippen LogP contribution is 2.61. The van der Waals surface area contributed by atoms with Gasteiger partial charge in [-0.05, 0) is 175 Å². The highest BCUT2D eigenvalue weighted by molar-refractivity contribution is 5.99. The van der Waals surface area contributed by atoms with E-state index in [1.165, 1.54) is 0 Å². The molecule has 3 saturated heterocycles. The Kier molecular flexibility index (Phi) is 17.1. The summed E-state index contributed by atoms with van der Waals surface area (Å²) in [6.07, 6.45) is 21.6. The molecular weight excluding hydrogens is 1180 g/mol. The van der Waals surface area contributed by atoms with E-state index in [1.54, 1.807) is 67.0 Å². The third kappa shape index (κ3) is 12.8. The zero-order valence-electron chi connectivity index (χ0n) is 53.7. The summed E-state index contributed by atoms with van der Waals surface area (Å²) >= 11 is 0. The van der Waals surface area contributed by atoms with Crippen LogP contribution in [0.3, 0.4) is 0 Å². The molecule has 24 heteroatoms. The lowest BCUT2D eigenvalue weighted by molar-refractivity contribution is 0.0650. The number of aryl methyl sites for hydroxylation is 6. The van der Waals surface area contributed by atoms with Crippen LogP contribution in [0, 0.1) is 54.8 Å². The predicted octanol–water partition coefficient (Wildman–Crippen LogP) is 9.41. The van der Waals surface area contributed by atoms with Crippen molar-refractivity contribution < 1.29 is 46.5 Å². The Bertz CT molecular complexity index is 4170. The van der Waals surface area contributed by atoms with Crippen molar-refractivity contribution in [3.8, 4) is 0 Å². The molecule has 12 heterocycles. The number of pyridine rings is 3. The lowest BCUT2D eigenvalue weighted by atomic mass is 9.90. The Morgan fingerprint density at radius 3 is 1.34 bits per heavy atom. The number of hydrogen-bond donors (Lipinski definition) is 3. The number of aromatic nitrogens is 8. The minimum atomic E-state index is -0.194. The van der Waals surface area contributed by atoms with Crippen LogP contribution in [-0.4, -0.2) is 149 Å². The monoisotopic (exact) mass is 1260 g/mol. The van der Waals surface area contributed by atoms with Crippen molar-refractivity contribution in [2.75, 3.05) is 58.9 Å². The van der Waals surface area contributed by atoms with Crippen molar-refractivity contribution >= 4 is 68.4 Å². The van der Waals surface area contributed by atoms with Crippen molar-refractivity contribution in [2.45, 2.75) is 119 Å². The van der Waals surface area contributed by atoms with Gasteiger partial charge in [-0.25, -0.2) is 0 Å². The van der Waals surface area contributed by atoms with Crippen LogP contribution in [0.5, 0.6) is 0 Å². The van der Waals surface area contributed by atoms with E-state index in [0.717, 1.165) is 137 Å². The standard InChI is InChI=1S/2C23H27N5O3.C23H26N4O4/c1-3-28-14-18(15(2)26-28)22(30)27-8-5-23(6-9-27)11-17(23)12-25-21(29)19-10-16-4-7-24-13-20(16)31-19;1-3-28-18(10-15(2)26-28)22(30)27-8-5-23(6-9-27)12-17(23)13-25-21(29)19-11-16-4-7-24-14-20(16)31-19;1-3-17-20(14(2)31-26-17)22(29)27-8-5-23(6-9-27)11-16(23)12-25-21(28)18-10-15-4-7-24-13-19(15)30-18/h4,7,10,13-14,17H,3,5-6,8-9,11-12H2,1-2H3,(H,25,29);4,7,10-11,14,17H,3,5-6,8-9,12-13H2,1-2H3,(H,25,29);4,7,10,13,16H,3,5-6,8-9,11-12H2,1-2H3,(H,25,28). The summed E-state index contributed by atoms with van der Waals surface area (Å²) < 4.78 is 25.6. The Balaban J connectivity index is 0.000000127. The lowest BCUT2D eigenvalue weighted by Crippen LogP contribution is -2.41. The van der Waals surface area contributed by atoms with Crippen molar-refractivity contribution in [2.24, 2.45) is 34.0 Å². The van der Waals surface area contributed by atoms with Gasteiger partial charge in [-0.1, -0.05) is 12.1 Å². The number of carbonyl (C=O) groups is 6. The van der Waals surface area contributed by atoms with Gasteiger partial charge in [0.2, 0.25) is 0 Å². The zero-order chi connectivity index (χ0) is 64.8. The van der Waals surface area contributed by atoms with E-state index in [1.807, 2.05) is 84.5 Å². The molecule has 3 aliphatic carbocycles. The SMILES string of the molecule is CCc1noc(C)c1C(=O)N1CCC2(CC1)CC2CNC(=O)c1cc2ccncc2o1.CCn1cc(C(=O)N2CCC3(CC2)CC3CNC(=O)c2cc3ccncc3o2)c(C)n1.CCn1nc(C)cc1C(=O)N1CCC2(CC1)CC2CNC(=O)c1cc2ccncc2o1. The largest absolute Gasteiger partial charge is 0.449 e. The molecule has 3 saturated carbocycles. The van der Waals surface area contributed by atoms with Crippen molar-refractivity contribution in [3.05, 3.63) is 143 Å². The van der Waals surface area contributed by atoms with Crippen LogP contribution in [0.1, 0.15) is 164 Å². The van der Waals surface area contributed by atoms with Crippen molar-refractivity contribution in [1.29, 1.82) is 0 Å². The van der Waals surface area contributed by atoms with Crippen LogP contribution in [0.2, 0.25) is 0 Å². The van der Waals surface area contributed by atoms with Crippen LogP contribution in [0.4, 0.5) is 0 Å². The quantitative estimate of drug-likeness (QED) is 0.0861. The van der Waals surface area contributed by atoms with Gasteiger partial charge in [0.15, 0.2) is 34.0 Å². The topological polar surface area (TPSA) is 288 Å². The highest BCUT2D eigenvalue weighted by atomic mass is 16.5. The second-order valence-electron chi connectivity index (χ2n) is 26.3. The third-order valence-corrected chi connectivity index (χ3v) is 20.8. The number of amides is 6. The Morgan fingerprint density at radius 1 is 0.538 bits per heavy atom. The fourth-order valence-electron chi connectivity index (χ4n) is 14.6. The van der Waals surface area contributed by atoms with E-state index in [0.29, 0.717) is 107 Å². The Morgan fingerprint density at radius 2 is 0.957 bits per heavy atom. The minimum absolute atomic E-state index is 0.0235. The van der Waals surface area contributed by atoms with Gasteiger partial charge in [0.25, 0.3) is 35.4 Å². The number of piperidine rings is 3. The van der Waals surface area contributed by atoms with Crippen LogP contribution in [0.15, 0.2) is 104 Å². The average Bonchev–Trinajstić information content (AvgIpc) is 1.61. The molecule has 0 radical (unpaired) electrons. The molecule has 0 bridgehead atoms. The fourth-order valence-corrected chi connectivity index (χ4v) is 14.6. The van der Waals surface area contributed by atoms with Gasteiger partial charge in [0.05, 0.1) is 41.2 Å². The highest BCUT2D eigenvalue weighted by Gasteiger charge is 2.57. The second kappa shape index (κ2) is 25.5. The molecule has 3 N–H and O–H groups in total. The van der Waals surface area contributed by atoms with E-state index in [-0.39, 0.29) is 51.7 Å². The molecule has 6 fully saturated rings. The van der Waals surface area contributed by atoms with Crippen molar-refractivity contribution in [3.63, 3.8) is 0 Å². The molecule has 3 atom stereocenters. The maximum absolute atomic E-state index is 13.0. The third-order valence-electron chi connectivity index (χ3n) is 20.8. The smallest absolute Gasteiger partial charge is 0.287 e. The predicted molar refractivity (Wildman–Crippen MR) is 342 cm³/mol. The summed E-state index contributed by atoms with van der Waals surface area (Å²) in [5, 5.41) is 24.5. The number of nitrogens with one attached hydrogen (secondary N) is 3. The molecule has 93 heavy (non-hydrogen) atoms. The first-order chi connectivity index (χ1) is 45.0. The summed E-state index contributed by atoms with van der Waals surface area (Å²) in [7, 11) is 0. The fraction of sp³-hybridized carbons (Fsp3) is 0.478. The molecule has 3 unspecified atom stereocenters. The van der Waals surface area contributed by atoms with Crippen LogP contribution < -0.4 is 16.0 Å². The van der Waals surface area contributed by atoms with Gasteiger partial charge in [0.1, 0.15) is 17.0 Å². The molecule has 3 spiro atoms. The van der Waals surface area contributed by atoms with Gasteiger partial charge < -0.3 is 48.4 Å². The first-order valence-corrected chi connectivity index (χ1v) is 32.8. The molecule has 6 amide bonds. The van der Waals surface area contributed by atoms with Gasteiger partial charge in [0, 0.05) is 113 Å². The molecule has 9 aromatic heterocycles. The minimum Gasteiger partial charge on any atom is -0.449 e. The first-order valence-electron chi connectivity index (χ1n) is 32.8. The Hall–Kier alpha value is -9.48. The van der Waals surface area contributed by atoms with Gasteiger partial charge in [-0.15, -0.1) is 0 Å². The number of carbonyl (C=O) groups excluding carboxylic acids is 6. The first kappa shape index (κ1) is 62.3. The summed E-state index contributed by atoms with van der Waals surface area (Å²) in [6.45, 7) is 19.5. The maximum Gasteiger partial charge on any atom is 0.287 e. The van der Waals surface area contributed by atoms with E-state index in [9.17, 15) is 28.8 Å². The molecular formula is C69H80N14O10. The summed E-state index contributed by atoms with van der Waals surface area (Å²) in [4.78, 5) is 94.2. The van der Waals surface area contributed by atoms with Gasteiger partial charge in [-0.3, -0.25) is 53.1 Å². The number of rotatable bonds is 15. The van der Waals surface area contributed by atoms with Crippen LogP contribution >= 0.6 is 0 Å². The number of fused-ring (bicyclic) bond motifs is 3. The molecule has 24 nitrogen and oxygen atoms in total. The van der Waals surface area contributed by atoms with Crippen LogP contribution in [-0.2, 0) is 19.5 Å². The van der Waals surface area contributed by atoms with E-state index < -0.39 is 0 Å². The molecule has 486 valence electrons. The normalized spacial score (nSPS) is 19.7. The average molecular weight is 1270 g/mol. The van der Waals surface area contributed by atoms with E-state index in [4.69, 9.17) is 17.8 Å². The molecule has 6 aliphatic rings. The van der Waals surface area contributed by atoms with E-state index in [2.05, 4.69) is 46.3 Å². The van der Waals surface area contributed by atoms with Gasteiger partial charge >= 0.3 is 0 Å². The number of furan rings is 3. The second-order valence-corrected chi connectivity index (χ2v) is 26.3. The van der Waals surface area contributed by atoms with E-state index >= 15 is 0 Å². The van der Waals surface area contributed by atoms with Crippen molar-refractivity contribution in [1.82, 2.24) is 70.3 Å². The molecule has 15 rings (SSSR count). The summed E-state index contributed by atoms with van der Waals surface area (Å²) in [6, 6.07) is 12.6. The number of hydrogen-bond acceptors (Lipinski definition) is 16. The van der Waals surface area contributed by atoms with Crippen LogP contribution in [0.25, 0.3) is 32.9 Å². The lowest BCUT2D eigenvalue weighted by Gasteiger charge is -2.33.